The van der Waals surface area contributed by atoms with Gasteiger partial charge in [-0.15, -0.1) is 0 Å². The van der Waals surface area contributed by atoms with Crippen LogP contribution in [0.15, 0.2) is 0 Å². The van der Waals surface area contributed by atoms with E-state index in [1.807, 2.05) is 6.92 Å². The molecule has 0 aromatic carbocycles. The molecular formula is C11H19N3O2. The minimum Gasteiger partial charge on any atom is -0.370 e. The largest absolute Gasteiger partial charge is 0.370 e. The first-order valence-corrected chi connectivity index (χ1v) is 5.54. The van der Waals surface area contributed by atoms with Crippen LogP contribution in [-0.4, -0.2) is 17.9 Å². The number of hydrogen-bond acceptors (Lipinski definition) is 3. The highest BCUT2D eigenvalue weighted by atomic mass is 16.2. The molecule has 90 valence electrons. The highest BCUT2D eigenvalue weighted by Crippen LogP contribution is 2.07. The Bertz CT molecular complexity index is 271. The van der Waals surface area contributed by atoms with Gasteiger partial charge in [0.25, 0.3) is 0 Å². The van der Waals surface area contributed by atoms with Crippen LogP contribution in [0.25, 0.3) is 0 Å². The number of carbonyl (C=O) groups excluding carboxylic acids is 2. The zero-order valence-corrected chi connectivity index (χ0v) is 9.66. The molecule has 16 heavy (non-hydrogen) atoms. The molecule has 1 atom stereocenters. The standard InChI is InChI=1S/C11H19N3O2/c1-2-4-9(5-3-6-10(13)15)14-11(16)7-8-12/h9H,2-7H2,1H3,(H2,13,15)(H,14,16). The zero-order valence-electron chi connectivity index (χ0n) is 9.66. The molecule has 0 saturated carbocycles. The SMILES string of the molecule is CCCC(CCCC(N)=O)NC(=O)CC#N. The lowest BCUT2D eigenvalue weighted by molar-refractivity contribution is -0.120. The fraction of sp³-hybridized carbons (Fsp3) is 0.727. The third-order valence-corrected chi connectivity index (χ3v) is 2.22. The van der Waals surface area contributed by atoms with E-state index in [4.69, 9.17) is 11.0 Å². The van der Waals surface area contributed by atoms with Crippen molar-refractivity contribution in [2.45, 2.75) is 51.5 Å². The summed E-state index contributed by atoms with van der Waals surface area (Å²) in [4.78, 5) is 21.8. The third kappa shape index (κ3) is 7.80. The minimum absolute atomic E-state index is 0.0465. The fourth-order valence-corrected chi connectivity index (χ4v) is 1.51. The summed E-state index contributed by atoms with van der Waals surface area (Å²) in [5.74, 6) is -0.571. The number of carbonyl (C=O) groups is 2. The Morgan fingerprint density at radius 2 is 2.12 bits per heavy atom. The first kappa shape index (κ1) is 14.4. The van der Waals surface area contributed by atoms with Gasteiger partial charge < -0.3 is 11.1 Å². The van der Waals surface area contributed by atoms with Gasteiger partial charge in [0.1, 0.15) is 6.42 Å². The van der Waals surface area contributed by atoms with Gasteiger partial charge >= 0.3 is 0 Å². The molecule has 0 fully saturated rings. The second-order valence-corrected chi connectivity index (χ2v) is 3.75. The maximum atomic E-state index is 11.2. The minimum atomic E-state index is -0.321. The van der Waals surface area contributed by atoms with Gasteiger partial charge in [-0.25, -0.2) is 0 Å². The summed E-state index contributed by atoms with van der Waals surface area (Å²) in [6.45, 7) is 2.03. The van der Waals surface area contributed by atoms with Gasteiger partial charge in [0.05, 0.1) is 6.07 Å². The Kier molecular flexibility index (Phi) is 7.86. The summed E-state index contributed by atoms with van der Waals surface area (Å²) in [7, 11) is 0. The number of nitrogens with zero attached hydrogens (tertiary/aromatic N) is 1. The molecular weight excluding hydrogens is 206 g/mol. The topological polar surface area (TPSA) is 96.0 Å². The van der Waals surface area contributed by atoms with Crippen molar-refractivity contribution in [1.82, 2.24) is 5.32 Å². The lowest BCUT2D eigenvalue weighted by atomic mass is 10.0. The van der Waals surface area contributed by atoms with Crippen molar-refractivity contribution in [3.8, 4) is 6.07 Å². The third-order valence-electron chi connectivity index (χ3n) is 2.22. The van der Waals surface area contributed by atoms with Crippen LogP contribution in [0.2, 0.25) is 0 Å². The van der Waals surface area contributed by atoms with Crippen molar-refractivity contribution in [3.05, 3.63) is 0 Å². The lowest BCUT2D eigenvalue weighted by Gasteiger charge is -2.16. The van der Waals surface area contributed by atoms with Crippen LogP contribution < -0.4 is 11.1 Å². The van der Waals surface area contributed by atoms with Crippen molar-refractivity contribution in [1.29, 1.82) is 5.26 Å². The Balaban J connectivity index is 3.92. The van der Waals surface area contributed by atoms with Crippen LogP contribution in [0.5, 0.6) is 0 Å². The Hall–Kier alpha value is -1.57. The molecule has 0 aromatic heterocycles. The van der Waals surface area contributed by atoms with Gasteiger partial charge in [-0.3, -0.25) is 9.59 Å². The van der Waals surface area contributed by atoms with Crippen LogP contribution in [0.4, 0.5) is 0 Å². The lowest BCUT2D eigenvalue weighted by Crippen LogP contribution is -2.34. The summed E-state index contributed by atoms with van der Waals surface area (Å²) in [6, 6.07) is 1.85. The molecule has 0 aromatic rings. The van der Waals surface area contributed by atoms with E-state index in [1.165, 1.54) is 0 Å². The van der Waals surface area contributed by atoms with Gasteiger partial charge in [0, 0.05) is 12.5 Å². The summed E-state index contributed by atoms with van der Waals surface area (Å²) in [5, 5.41) is 11.1. The molecule has 0 rings (SSSR count). The molecule has 0 bridgehead atoms. The summed E-state index contributed by atoms with van der Waals surface area (Å²) in [5.41, 5.74) is 5.03. The maximum absolute atomic E-state index is 11.2. The maximum Gasteiger partial charge on any atom is 0.234 e. The molecule has 1 unspecified atom stereocenters. The van der Waals surface area contributed by atoms with Gasteiger partial charge in [-0.1, -0.05) is 13.3 Å². The first-order chi connectivity index (χ1) is 7.60. The molecule has 0 radical (unpaired) electrons. The number of amides is 2. The number of nitrogens with one attached hydrogen (secondary N) is 1. The average molecular weight is 225 g/mol. The fourth-order valence-electron chi connectivity index (χ4n) is 1.51. The molecule has 0 aliphatic carbocycles. The Morgan fingerprint density at radius 3 is 2.62 bits per heavy atom. The highest BCUT2D eigenvalue weighted by molar-refractivity contribution is 5.78. The number of primary amides is 1. The van der Waals surface area contributed by atoms with Crippen LogP contribution in [0.1, 0.15) is 45.4 Å². The first-order valence-electron chi connectivity index (χ1n) is 5.54. The van der Waals surface area contributed by atoms with Gasteiger partial charge in [-0.2, -0.15) is 5.26 Å². The molecule has 0 saturated heterocycles. The van der Waals surface area contributed by atoms with Crippen molar-refractivity contribution < 1.29 is 9.59 Å². The van der Waals surface area contributed by atoms with Crippen molar-refractivity contribution >= 4 is 11.8 Å². The van der Waals surface area contributed by atoms with E-state index in [0.29, 0.717) is 12.8 Å². The zero-order chi connectivity index (χ0) is 12.4. The summed E-state index contributed by atoms with van der Waals surface area (Å²) < 4.78 is 0. The number of nitrogens with two attached hydrogens (primary N) is 1. The molecule has 5 nitrogen and oxygen atoms in total. The molecule has 0 aliphatic heterocycles. The molecule has 0 spiro atoms. The van der Waals surface area contributed by atoms with Gasteiger partial charge in [0.2, 0.25) is 11.8 Å². The van der Waals surface area contributed by atoms with E-state index in [0.717, 1.165) is 19.3 Å². The predicted octanol–water partition coefficient (Wildman–Crippen LogP) is 0.841. The monoisotopic (exact) mass is 225 g/mol. The van der Waals surface area contributed by atoms with E-state index < -0.39 is 0 Å². The van der Waals surface area contributed by atoms with E-state index in [2.05, 4.69) is 5.32 Å². The molecule has 5 heteroatoms. The molecule has 0 heterocycles. The van der Waals surface area contributed by atoms with Crippen LogP contribution in [0.3, 0.4) is 0 Å². The van der Waals surface area contributed by atoms with Crippen molar-refractivity contribution in [2.75, 3.05) is 0 Å². The number of rotatable bonds is 8. The average Bonchev–Trinajstić information content (AvgIpc) is 2.17. The second kappa shape index (κ2) is 8.72. The van der Waals surface area contributed by atoms with E-state index in [9.17, 15) is 9.59 Å². The predicted molar refractivity (Wildman–Crippen MR) is 60.1 cm³/mol. The quantitative estimate of drug-likeness (QED) is 0.640. The molecule has 3 N–H and O–H groups in total. The van der Waals surface area contributed by atoms with Crippen LogP contribution in [0, 0.1) is 11.3 Å². The summed E-state index contributed by atoms with van der Waals surface area (Å²) in [6.07, 6.45) is 3.44. The van der Waals surface area contributed by atoms with E-state index >= 15 is 0 Å². The van der Waals surface area contributed by atoms with E-state index in [-0.39, 0.29) is 24.3 Å². The normalized spacial score (nSPS) is 11.5. The number of nitriles is 1. The van der Waals surface area contributed by atoms with Gasteiger partial charge in [-0.05, 0) is 19.3 Å². The molecule has 2 amide bonds. The highest BCUT2D eigenvalue weighted by Gasteiger charge is 2.11. The van der Waals surface area contributed by atoms with Crippen LogP contribution in [-0.2, 0) is 9.59 Å². The van der Waals surface area contributed by atoms with Crippen molar-refractivity contribution in [3.63, 3.8) is 0 Å². The smallest absolute Gasteiger partial charge is 0.234 e. The number of hydrogen-bond donors (Lipinski definition) is 2. The van der Waals surface area contributed by atoms with Crippen LogP contribution >= 0.6 is 0 Å². The Labute approximate surface area is 96.0 Å². The van der Waals surface area contributed by atoms with E-state index in [1.54, 1.807) is 6.07 Å². The Morgan fingerprint density at radius 1 is 1.44 bits per heavy atom. The van der Waals surface area contributed by atoms with Crippen molar-refractivity contribution in [2.24, 2.45) is 5.73 Å². The van der Waals surface area contributed by atoms with Gasteiger partial charge in [0.15, 0.2) is 0 Å². The molecule has 0 aliphatic rings. The summed E-state index contributed by atoms with van der Waals surface area (Å²) >= 11 is 0. The second-order valence-electron chi connectivity index (χ2n) is 3.75.